The van der Waals surface area contributed by atoms with Gasteiger partial charge in [-0.15, -0.1) is 0 Å². The number of carboxylic acids is 1. The van der Waals surface area contributed by atoms with Crippen LogP contribution < -0.4 is 5.32 Å². The minimum atomic E-state index is -0.853. The number of ether oxygens (including phenoxy) is 1. The molecule has 0 aromatic rings. The lowest BCUT2D eigenvalue weighted by Crippen LogP contribution is -2.59. The first-order chi connectivity index (χ1) is 9.61. The highest BCUT2D eigenvalue weighted by atomic mass is 16.5. The van der Waals surface area contributed by atoms with Crippen LogP contribution in [0.15, 0.2) is 0 Å². The average Bonchev–Trinajstić information content (AvgIpc) is 2.45. The number of carboxylic acid groups (broad SMARTS) is 1. The summed E-state index contributed by atoms with van der Waals surface area (Å²) in [6.45, 7) is 5.86. The van der Waals surface area contributed by atoms with Gasteiger partial charge in [0, 0.05) is 13.1 Å². The standard InChI is InChI=1S/C14H26N2O4/c1-3-5-6-11(14(18)19)16-8-9-20-10-12(16)13(17)15-7-4-2/h11-12H,3-10H2,1-2H3,(H,15,17)(H,18,19). The van der Waals surface area contributed by atoms with Gasteiger partial charge in [0.25, 0.3) is 0 Å². The number of amides is 1. The third-order valence-electron chi connectivity index (χ3n) is 3.54. The quantitative estimate of drug-likeness (QED) is 0.692. The molecule has 0 aromatic heterocycles. The van der Waals surface area contributed by atoms with Crippen molar-refractivity contribution in [1.82, 2.24) is 10.2 Å². The van der Waals surface area contributed by atoms with E-state index < -0.39 is 18.1 Å². The number of nitrogens with zero attached hydrogens (tertiary/aromatic N) is 1. The molecule has 1 heterocycles. The van der Waals surface area contributed by atoms with Gasteiger partial charge >= 0.3 is 5.97 Å². The zero-order valence-corrected chi connectivity index (χ0v) is 12.4. The molecule has 2 N–H and O–H groups in total. The first kappa shape index (κ1) is 16.9. The van der Waals surface area contributed by atoms with Gasteiger partial charge in [0.2, 0.25) is 5.91 Å². The highest BCUT2D eigenvalue weighted by Crippen LogP contribution is 2.16. The Labute approximate surface area is 120 Å². The van der Waals surface area contributed by atoms with E-state index in [1.807, 2.05) is 13.8 Å². The lowest BCUT2D eigenvalue weighted by molar-refractivity contribution is -0.151. The predicted octanol–water partition coefficient (Wildman–Crippen LogP) is 0.857. The van der Waals surface area contributed by atoms with Gasteiger partial charge in [0.15, 0.2) is 0 Å². The van der Waals surface area contributed by atoms with E-state index in [1.165, 1.54) is 0 Å². The van der Waals surface area contributed by atoms with Gasteiger partial charge < -0.3 is 15.2 Å². The van der Waals surface area contributed by atoms with Crippen molar-refractivity contribution in [2.45, 2.75) is 51.6 Å². The zero-order chi connectivity index (χ0) is 15.0. The molecule has 1 aliphatic rings. The van der Waals surface area contributed by atoms with Crippen molar-refractivity contribution < 1.29 is 19.4 Å². The molecule has 0 aromatic carbocycles. The van der Waals surface area contributed by atoms with Crippen molar-refractivity contribution in [3.8, 4) is 0 Å². The molecule has 1 amide bonds. The fraction of sp³-hybridized carbons (Fsp3) is 0.857. The fourth-order valence-corrected chi connectivity index (χ4v) is 2.41. The van der Waals surface area contributed by atoms with E-state index in [2.05, 4.69) is 5.32 Å². The maximum absolute atomic E-state index is 12.1. The molecule has 1 rings (SSSR count). The van der Waals surface area contributed by atoms with E-state index >= 15 is 0 Å². The maximum atomic E-state index is 12.1. The molecule has 2 atom stereocenters. The Kier molecular flexibility index (Phi) is 7.54. The SMILES string of the molecule is CCCCC(C(=O)O)N1CCOCC1C(=O)NCCC. The van der Waals surface area contributed by atoms with E-state index in [0.29, 0.717) is 26.1 Å². The molecule has 0 spiro atoms. The minimum absolute atomic E-state index is 0.130. The Morgan fingerprint density at radius 2 is 2.15 bits per heavy atom. The number of nitrogens with one attached hydrogen (secondary N) is 1. The van der Waals surface area contributed by atoms with Gasteiger partial charge in [-0.1, -0.05) is 26.7 Å². The lowest BCUT2D eigenvalue weighted by Gasteiger charge is -2.38. The van der Waals surface area contributed by atoms with Gasteiger partial charge in [0.1, 0.15) is 12.1 Å². The molecular weight excluding hydrogens is 260 g/mol. The number of carbonyl (C=O) groups excluding carboxylic acids is 1. The van der Waals surface area contributed by atoms with E-state index in [-0.39, 0.29) is 12.5 Å². The monoisotopic (exact) mass is 286 g/mol. The second kappa shape index (κ2) is 8.92. The Morgan fingerprint density at radius 1 is 1.40 bits per heavy atom. The van der Waals surface area contributed by atoms with Crippen LogP contribution in [0.2, 0.25) is 0 Å². The summed E-state index contributed by atoms with van der Waals surface area (Å²) < 4.78 is 5.35. The van der Waals surface area contributed by atoms with E-state index in [4.69, 9.17) is 4.74 Å². The van der Waals surface area contributed by atoms with E-state index in [0.717, 1.165) is 19.3 Å². The number of aliphatic carboxylic acids is 1. The van der Waals surface area contributed by atoms with Gasteiger partial charge in [0.05, 0.1) is 13.2 Å². The number of rotatable bonds is 8. The molecule has 6 nitrogen and oxygen atoms in total. The van der Waals surface area contributed by atoms with Crippen LogP contribution in [0.25, 0.3) is 0 Å². The number of hydrogen-bond donors (Lipinski definition) is 2. The second-order valence-electron chi connectivity index (χ2n) is 5.12. The summed E-state index contributed by atoms with van der Waals surface area (Å²) in [5.41, 5.74) is 0. The third-order valence-corrected chi connectivity index (χ3v) is 3.54. The van der Waals surface area contributed by atoms with Crippen LogP contribution in [-0.4, -0.2) is 60.3 Å². The third kappa shape index (κ3) is 4.76. The molecule has 116 valence electrons. The first-order valence-corrected chi connectivity index (χ1v) is 7.45. The minimum Gasteiger partial charge on any atom is -0.480 e. The maximum Gasteiger partial charge on any atom is 0.320 e. The van der Waals surface area contributed by atoms with Crippen LogP contribution in [0.1, 0.15) is 39.5 Å². The normalized spacial score (nSPS) is 21.4. The topological polar surface area (TPSA) is 78.9 Å². The van der Waals surface area contributed by atoms with Gasteiger partial charge in [-0.05, 0) is 12.8 Å². The van der Waals surface area contributed by atoms with Crippen molar-refractivity contribution in [3.05, 3.63) is 0 Å². The lowest BCUT2D eigenvalue weighted by atomic mass is 10.0. The van der Waals surface area contributed by atoms with Crippen LogP contribution in [0, 0.1) is 0 Å². The van der Waals surface area contributed by atoms with E-state index in [9.17, 15) is 14.7 Å². The first-order valence-electron chi connectivity index (χ1n) is 7.45. The smallest absolute Gasteiger partial charge is 0.320 e. The summed E-state index contributed by atoms with van der Waals surface area (Å²) >= 11 is 0. The molecular formula is C14H26N2O4. The summed E-state index contributed by atoms with van der Waals surface area (Å²) in [6.07, 6.45) is 3.22. The molecule has 1 fully saturated rings. The highest BCUT2D eigenvalue weighted by molar-refractivity contribution is 5.83. The molecule has 2 unspecified atom stereocenters. The summed E-state index contributed by atoms with van der Waals surface area (Å²) in [4.78, 5) is 25.4. The van der Waals surface area contributed by atoms with Crippen molar-refractivity contribution in [3.63, 3.8) is 0 Å². The fourth-order valence-electron chi connectivity index (χ4n) is 2.41. The Balaban J connectivity index is 2.74. The molecule has 1 saturated heterocycles. The van der Waals surface area contributed by atoms with Crippen LogP contribution in [0.4, 0.5) is 0 Å². The molecule has 1 aliphatic heterocycles. The number of unbranched alkanes of at least 4 members (excludes halogenated alkanes) is 1. The molecule has 6 heteroatoms. The Hall–Kier alpha value is -1.14. The van der Waals surface area contributed by atoms with Crippen LogP contribution in [-0.2, 0) is 14.3 Å². The Morgan fingerprint density at radius 3 is 2.75 bits per heavy atom. The van der Waals surface area contributed by atoms with Crippen LogP contribution >= 0.6 is 0 Å². The Bertz CT molecular complexity index is 322. The van der Waals surface area contributed by atoms with Crippen molar-refractivity contribution in [2.75, 3.05) is 26.3 Å². The summed E-state index contributed by atoms with van der Waals surface area (Å²) in [6, 6.07) is -1.09. The summed E-state index contributed by atoms with van der Waals surface area (Å²) in [7, 11) is 0. The zero-order valence-electron chi connectivity index (χ0n) is 12.4. The second-order valence-corrected chi connectivity index (χ2v) is 5.12. The van der Waals surface area contributed by atoms with Crippen molar-refractivity contribution in [1.29, 1.82) is 0 Å². The van der Waals surface area contributed by atoms with Gasteiger partial charge in [-0.2, -0.15) is 0 Å². The number of hydrogen-bond acceptors (Lipinski definition) is 4. The molecule has 0 radical (unpaired) electrons. The molecule has 20 heavy (non-hydrogen) atoms. The van der Waals surface area contributed by atoms with Crippen LogP contribution in [0.5, 0.6) is 0 Å². The number of carbonyl (C=O) groups is 2. The van der Waals surface area contributed by atoms with Gasteiger partial charge in [-0.25, -0.2) is 0 Å². The summed E-state index contributed by atoms with van der Waals surface area (Å²) in [5.74, 6) is -0.983. The van der Waals surface area contributed by atoms with Gasteiger partial charge in [-0.3, -0.25) is 14.5 Å². The largest absolute Gasteiger partial charge is 0.480 e. The summed E-state index contributed by atoms with van der Waals surface area (Å²) in [5, 5.41) is 12.2. The predicted molar refractivity (Wildman–Crippen MR) is 75.6 cm³/mol. The number of morpholine rings is 1. The van der Waals surface area contributed by atoms with Crippen molar-refractivity contribution >= 4 is 11.9 Å². The van der Waals surface area contributed by atoms with Crippen molar-refractivity contribution in [2.24, 2.45) is 0 Å². The molecule has 0 bridgehead atoms. The van der Waals surface area contributed by atoms with E-state index in [1.54, 1.807) is 4.90 Å². The molecule has 0 saturated carbocycles. The average molecular weight is 286 g/mol. The highest BCUT2D eigenvalue weighted by Gasteiger charge is 2.36. The molecule has 0 aliphatic carbocycles. The van der Waals surface area contributed by atoms with Crippen LogP contribution in [0.3, 0.4) is 0 Å².